The molecule has 0 aliphatic carbocycles. The van der Waals surface area contributed by atoms with Crippen LogP contribution in [0.1, 0.15) is 11.1 Å². The van der Waals surface area contributed by atoms with Crippen LogP contribution in [0.15, 0.2) is 42.5 Å². The largest absolute Gasteiger partial charge is 0.496 e. The zero-order valence-electron chi connectivity index (χ0n) is 11.6. The number of ether oxygens (including phenoxy) is 1. The van der Waals surface area contributed by atoms with Crippen LogP contribution in [0.5, 0.6) is 5.75 Å². The van der Waals surface area contributed by atoms with E-state index in [2.05, 4.69) is 33.9 Å². The van der Waals surface area contributed by atoms with Crippen LogP contribution in [-0.4, -0.2) is 14.2 Å². The molecular weight excluding hydrogens is 338 g/mol. The number of benzene rings is 2. The van der Waals surface area contributed by atoms with E-state index in [0.717, 1.165) is 33.9 Å². The summed E-state index contributed by atoms with van der Waals surface area (Å²) >= 11 is 9.63. The molecule has 0 heterocycles. The van der Waals surface area contributed by atoms with Gasteiger partial charge >= 0.3 is 0 Å². The molecule has 0 fully saturated rings. The van der Waals surface area contributed by atoms with Gasteiger partial charge in [-0.1, -0.05) is 51.8 Å². The predicted molar refractivity (Wildman–Crippen MR) is 89.2 cm³/mol. The Balaban J connectivity index is 2.28. The molecule has 20 heavy (non-hydrogen) atoms. The first-order chi connectivity index (χ1) is 9.65. The van der Waals surface area contributed by atoms with Gasteiger partial charge in [-0.2, -0.15) is 0 Å². The summed E-state index contributed by atoms with van der Waals surface area (Å²) < 4.78 is 5.40. The van der Waals surface area contributed by atoms with Crippen molar-refractivity contribution in [3.63, 3.8) is 0 Å². The van der Waals surface area contributed by atoms with Crippen molar-refractivity contribution in [1.82, 2.24) is 0 Å². The van der Waals surface area contributed by atoms with Crippen LogP contribution in [-0.2, 0) is 11.9 Å². The second kappa shape index (κ2) is 7.00. The monoisotopic (exact) mass is 353 g/mol. The van der Waals surface area contributed by atoms with Crippen LogP contribution < -0.4 is 9.64 Å². The fraction of sp³-hybridized carbons (Fsp3) is 0.250. The van der Waals surface area contributed by atoms with E-state index in [9.17, 15) is 0 Å². The van der Waals surface area contributed by atoms with Crippen LogP contribution in [0.3, 0.4) is 0 Å². The number of hydrogen-bond acceptors (Lipinski definition) is 2. The minimum absolute atomic E-state index is 0.747. The molecule has 0 atom stereocenters. The SMILES string of the molecule is COc1ccccc1CN(C)c1cc(Cl)ccc1CBr. The van der Waals surface area contributed by atoms with Crippen molar-refractivity contribution in [1.29, 1.82) is 0 Å². The Morgan fingerprint density at radius 2 is 1.90 bits per heavy atom. The quantitative estimate of drug-likeness (QED) is 0.710. The minimum atomic E-state index is 0.747. The summed E-state index contributed by atoms with van der Waals surface area (Å²) in [7, 11) is 3.76. The Labute approximate surface area is 133 Å². The maximum Gasteiger partial charge on any atom is 0.123 e. The third-order valence-electron chi connectivity index (χ3n) is 3.20. The van der Waals surface area contributed by atoms with Crippen molar-refractivity contribution in [3.05, 3.63) is 58.6 Å². The fourth-order valence-corrected chi connectivity index (χ4v) is 2.82. The van der Waals surface area contributed by atoms with Crippen molar-refractivity contribution >= 4 is 33.2 Å². The summed E-state index contributed by atoms with van der Waals surface area (Å²) in [5, 5.41) is 1.55. The summed E-state index contributed by atoms with van der Waals surface area (Å²) in [6.07, 6.45) is 0. The van der Waals surface area contributed by atoms with E-state index >= 15 is 0 Å². The van der Waals surface area contributed by atoms with E-state index in [0.29, 0.717) is 0 Å². The molecule has 0 spiro atoms. The maximum absolute atomic E-state index is 6.11. The Hall–Kier alpha value is -1.19. The zero-order valence-corrected chi connectivity index (χ0v) is 13.9. The Morgan fingerprint density at radius 3 is 2.60 bits per heavy atom. The molecule has 0 radical (unpaired) electrons. The number of alkyl halides is 1. The molecule has 0 N–H and O–H groups in total. The summed E-state index contributed by atoms with van der Waals surface area (Å²) in [4.78, 5) is 2.18. The third kappa shape index (κ3) is 3.47. The molecule has 0 unspecified atom stereocenters. The van der Waals surface area contributed by atoms with Crippen LogP contribution in [0.25, 0.3) is 0 Å². The Morgan fingerprint density at radius 1 is 1.15 bits per heavy atom. The topological polar surface area (TPSA) is 12.5 Å². The summed E-state index contributed by atoms with van der Waals surface area (Å²) in [5.41, 5.74) is 3.49. The standard InChI is InChI=1S/C16H17BrClNO/c1-19(11-13-5-3-4-6-16(13)20-2)15-9-14(18)8-7-12(15)10-17/h3-9H,10-11H2,1-2H3. The van der Waals surface area contributed by atoms with Crippen molar-refractivity contribution < 1.29 is 4.74 Å². The molecule has 0 aromatic heterocycles. The van der Waals surface area contributed by atoms with Crippen molar-refractivity contribution in [2.45, 2.75) is 11.9 Å². The number of rotatable bonds is 5. The summed E-state index contributed by atoms with van der Waals surface area (Å²) in [6, 6.07) is 14.0. The maximum atomic E-state index is 6.11. The molecular formula is C16H17BrClNO. The lowest BCUT2D eigenvalue weighted by Gasteiger charge is -2.23. The van der Waals surface area contributed by atoms with Gasteiger partial charge < -0.3 is 9.64 Å². The van der Waals surface area contributed by atoms with Crippen molar-refractivity contribution in [3.8, 4) is 5.75 Å². The third-order valence-corrected chi connectivity index (χ3v) is 4.04. The Kier molecular flexibility index (Phi) is 5.32. The highest BCUT2D eigenvalue weighted by Gasteiger charge is 2.10. The lowest BCUT2D eigenvalue weighted by atomic mass is 10.1. The number of para-hydroxylation sites is 1. The van der Waals surface area contributed by atoms with Crippen LogP contribution in [0.4, 0.5) is 5.69 Å². The highest BCUT2D eigenvalue weighted by atomic mass is 79.9. The van der Waals surface area contributed by atoms with E-state index in [1.165, 1.54) is 5.56 Å². The molecule has 0 aliphatic heterocycles. The van der Waals surface area contributed by atoms with Gasteiger partial charge in [0.25, 0.3) is 0 Å². The average molecular weight is 355 g/mol. The van der Waals surface area contributed by atoms with Crippen molar-refractivity contribution in [2.75, 3.05) is 19.1 Å². The van der Waals surface area contributed by atoms with Gasteiger partial charge in [0, 0.05) is 35.2 Å². The van der Waals surface area contributed by atoms with Crippen molar-refractivity contribution in [2.24, 2.45) is 0 Å². The van der Waals surface area contributed by atoms with Gasteiger partial charge in [0.1, 0.15) is 5.75 Å². The van der Waals surface area contributed by atoms with Gasteiger partial charge in [0.15, 0.2) is 0 Å². The molecule has 2 aromatic rings. The molecule has 0 amide bonds. The molecule has 2 aromatic carbocycles. The summed E-state index contributed by atoms with van der Waals surface area (Å²) in [5.74, 6) is 0.904. The summed E-state index contributed by atoms with van der Waals surface area (Å²) in [6.45, 7) is 0.768. The zero-order chi connectivity index (χ0) is 14.5. The molecule has 0 saturated carbocycles. The first-order valence-corrected chi connectivity index (χ1v) is 7.83. The van der Waals surface area contributed by atoms with Gasteiger partial charge in [-0.15, -0.1) is 0 Å². The normalized spacial score (nSPS) is 10.4. The highest BCUT2D eigenvalue weighted by Crippen LogP contribution is 2.28. The molecule has 4 heteroatoms. The number of anilines is 1. The molecule has 106 valence electrons. The first kappa shape index (κ1) is 15.2. The lowest BCUT2D eigenvalue weighted by Crippen LogP contribution is -2.18. The lowest BCUT2D eigenvalue weighted by molar-refractivity contribution is 0.409. The van der Waals surface area contributed by atoms with E-state index in [4.69, 9.17) is 16.3 Å². The van der Waals surface area contributed by atoms with Crippen LogP contribution in [0, 0.1) is 0 Å². The fourth-order valence-electron chi connectivity index (χ4n) is 2.18. The number of hydrogen-bond donors (Lipinski definition) is 0. The first-order valence-electron chi connectivity index (χ1n) is 6.33. The van der Waals surface area contributed by atoms with Gasteiger partial charge in [0.2, 0.25) is 0 Å². The van der Waals surface area contributed by atoms with E-state index in [1.807, 2.05) is 36.4 Å². The second-order valence-electron chi connectivity index (χ2n) is 4.57. The van der Waals surface area contributed by atoms with E-state index in [1.54, 1.807) is 7.11 Å². The molecule has 2 rings (SSSR count). The molecule has 0 bridgehead atoms. The van der Waals surface area contributed by atoms with Gasteiger partial charge in [-0.25, -0.2) is 0 Å². The number of nitrogens with zero attached hydrogens (tertiary/aromatic N) is 1. The smallest absolute Gasteiger partial charge is 0.123 e. The van der Waals surface area contributed by atoms with E-state index < -0.39 is 0 Å². The average Bonchev–Trinajstić information content (AvgIpc) is 2.47. The van der Waals surface area contributed by atoms with Gasteiger partial charge in [-0.05, 0) is 23.8 Å². The Bertz CT molecular complexity index is 588. The molecule has 0 saturated heterocycles. The van der Waals surface area contributed by atoms with E-state index in [-0.39, 0.29) is 0 Å². The molecule has 0 aliphatic rings. The number of methoxy groups -OCH3 is 1. The predicted octanol–water partition coefficient (Wildman–Crippen LogP) is 4.88. The van der Waals surface area contributed by atoms with Gasteiger partial charge in [-0.3, -0.25) is 0 Å². The minimum Gasteiger partial charge on any atom is -0.496 e. The van der Waals surface area contributed by atoms with Crippen LogP contribution in [0.2, 0.25) is 5.02 Å². The number of halogens is 2. The highest BCUT2D eigenvalue weighted by molar-refractivity contribution is 9.08. The molecule has 2 nitrogen and oxygen atoms in total. The van der Waals surface area contributed by atoms with Gasteiger partial charge in [0.05, 0.1) is 7.11 Å². The second-order valence-corrected chi connectivity index (χ2v) is 5.57. The van der Waals surface area contributed by atoms with Crippen LogP contribution >= 0.6 is 27.5 Å².